The van der Waals surface area contributed by atoms with E-state index in [9.17, 15) is 52.7 Å². The van der Waals surface area contributed by atoms with Gasteiger partial charge in [-0.1, -0.05) is 12.1 Å². The molecular formula is C26H26F12N4O8. The normalized spacial score (nSPS) is 17.5. The highest BCUT2D eigenvalue weighted by atomic mass is 19.4. The standard InChI is InChI=1S/C18H22N4.4C2HF3O2/c1-3-7-19-17(5-1)13-21-9-15-11-22(12-16(15)10-21)14-18-6-2-4-8-20-18;4*3-2(4,5)1(6)7/h1-8,15-16H,9-14H2;4*(H,6,7). The lowest BCUT2D eigenvalue weighted by atomic mass is 10.0. The van der Waals surface area contributed by atoms with Crippen LogP contribution in [0.1, 0.15) is 11.4 Å². The number of carboxylic acid groups (broad SMARTS) is 4. The average molecular weight is 750 g/mol. The van der Waals surface area contributed by atoms with Gasteiger partial charge in [0.2, 0.25) is 0 Å². The van der Waals surface area contributed by atoms with Crippen LogP contribution < -0.4 is 0 Å². The lowest BCUT2D eigenvalue weighted by Crippen LogP contribution is -2.28. The molecule has 0 saturated carbocycles. The van der Waals surface area contributed by atoms with Crippen molar-refractivity contribution < 1.29 is 92.3 Å². The monoisotopic (exact) mass is 750 g/mol. The fraction of sp³-hybridized carbons (Fsp3) is 0.462. The highest BCUT2D eigenvalue weighted by Gasteiger charge is 2.41. The van der Waals surface area contributed by atoms with Gasteiger partial charge in [-0.2, -0.15) is 52.7 Å². The van der Waals surface area contributed by atoms with Gasteiger partial charge in [0.25, 0.3) is 0 Å². The molecule has 12 nitrogen and oxygen atoms in total. The second kappa shape index (κ2) is 19.4. The zero-order valence-corrected chi connectivity index (χ0v) is 24.8. The van der Waals surface area contributed by atoms with Crippen LogP contribution in [0.25, 0.3) is 0 Å². The van der Waals surface area contributed by atoms with Crippen LogP contribution in [-0.2, 0) is 32.3 Å². The maximum absolute atomic E-state index is 10.6. The number of pyridine rings is 2. The minimum atomic E-state index is -5.08. The molecule has 282 valence electrons. The van der Waals surface area contributed by atoms with Crippen molar-refractivity contribution in [1.29, 1.82) is 0 Å². The molecule has 2 aromatic rings. The molecule has 0 radical (unpaired) electrons. The van der Waals surface area contributed by atoms with Crippen LogP contribution in [-0.4, -0.2) is 115 Å². The molecule has 0 unspecified atom stereocenters. The number of hydrogen-bond acceptors (Lipinski definition) is 8. The second-order valence-corrected chi connectivity index (χ2v) is 9.76. The Morgan fingerprint density at radius 3 is 0.900 bits per heavy atom. The van der Waals surface area contributed by atoms with Gasteiger partial charge in [0.05, 0.1) is 11.4 Å². The molecule has 2 saturated heterocycles. The van der Waals surface area contributed by atoms with E-state index in [2.05, 4.69) is 44.0 Å². The zero-order valence-electron chi connectivity index (χ0n) is 24.8. The van der Waals surface area contributed by atoms with Gasteiger partial charge < -0.3 is 20.4 Å². The maximum atomic E-state index is 10.6. The van der Waals surface area contributed by atoms with Gasteiger partial charge in [0.1, 0.15) is 0 Å². The Morgan fingerprint density at radius 1 is 0.520 bits per heavy atom. The molecule has 4 heterocycles. The fourth-order valence-corrected chi connectivity index (χ4v) is 3.89. The number of carbonyl (C=O) groups is 4. The predicted octanol–water partition coefficient (Wildman–Crippen LogP) is 4.57. The van der Waals surface area contributed by atoms with Gasteiger partial charge in [-0.15, -0.1) is 0 Å². The fourth-order valence-electron chi connectivity index (χ4n) is 3.89. The lowest BCUT2D eigenvalue weighted by molar-refractivity contribution is -0.193. The second-order valence-electron chi connectivity index (χ2n) is 9.76. The van der Waals surface area contributed by atoms with Gasteiger partial charge in [-0.05, 0) is 36.1 Å². The molecule has 4 rings (SSSR count). The summed E-state index contributed by atoms with van der Waals surface area (Å²) < 4.78 is 127. The molecule has 24 heteroatoms. The first-order valence-electron chi connectivity index (χ1n) is 13.1. The molecule has 50 heavy (non-hydrogen) atoms. The zero-order chi connectivity index (χ0) is 39.1. The predicted molar refractivity (Wildman–Crippen MR) is 141 cm³/mol. The number of aromatic nitrogens is 2. The third-order valence-electron chi connectivity index (χ3n) is 5.83. The van der Waals surface area contributed by atoms with Gasteiger partial charge in [0, 0.05) is 51.7 Å². The molecule has 0 spiro atoms. The molecule has 0 bridgehead atoms. The summed E-state index contributed by atoms with van der Waals surface area (Å²) in [5.41, 5.74) is 2.38. The Labute approximate surface area is 272 Å². The van der Waals surface area contributed by atoms with Crippen LogP contribution in [0, 0.1) is 11.8 Å². The highest BCUT2D eigenvalue weighted by Crippen LogP contribution is 2.32. The number of likely N-dealkylation sites (tertiary alicyclic amines) is 2. The van der Waals surface area contributed by atoms with Gasteiger partial charge in [-0.3, -0.25) is 19.8 Å². The summed E-state index contributed by atoms with van der Waals surface area (Å²) >= 11 is 0. The minimum absolute atomic E-state index is 0.812. The maximum Gasteiger partial charge on any atom is 0.490 e. The lowest BCUT2D eigenvalue weighted by Gasteiger charge is -2.20. The summed E-state index contributed by atoms with van der Waals surface area (Å²) in [6.45, 7) is 6.82. The number of carboxylic acids is 4. The van der Waals surface area contributed by atoms with E-state index in [4.69, 9.17) is 39.6 Å². The molecule has 0 aliphatic carbocycles. The van der Waals surface area contributed by atoms with Crippen molar-refractivity contribution >= 4 is 23.9 Å². The first kappa shape index (κ1) is 45.3. The Hall–Kier alpha value is -4.74. The number of hydrogen-bond donors (Lipinski definition) is 4. The van der Waals surface area contributed by atoms with Crippen molar-refractivity contribution in [2.75, 3.05) is 26.2 Å². The third kappa shape index (κ3) is 19.3. The van der Waals surface area contributed by atoms with Crippen molar-refractivity contribution in [3.8, 4) is 0 Å². The molecule has 2 aliphatic rings. The first-order valence-corrected chi connectivity index (χ1v) is 13.1. The van der Waals surface area contributed by atoms with Crippen molar-refractivity contribution in [3.05, 3.63) is 60.2 Å². The average Bonchev–Trinajstić information content (AvgIpc) is 3.51. The summed E-state index contributed by atoms with van der Waals surface area (Å²) in [7, 11) is 0. The number of fused-ring (bicyclic) bond motifs is 1. The van der Waals surface area contributed by atoms with Crippen LogP contribution in [0.5, 0.6) is 0 Å². The Bertz CT molecular complexity index is 1200. The first-order chi connectivity index (χ1) is 22.6. The van der Waals surface area contributed by atoms with E-state index in [1.165, 1.54) is 37.6 Å². The third-order valence-corrected chi connectivity index (χ3v) is 5.83. The Balaban J connectivity index is 0.000000711. The summed E-state index contributed by atoms with van der Waals surface area (Å²) in [5.74, 6) is -9.40. The van der Waals surface area contributed by atoms with Gasteiger partial charge in [-0.25, -0.2) is 19.2 Å². The van der Waals surface area contributed by atoms with Crippen LogP contribution >= 0.6 is 0 Å². The van der Waals surface area contributed by atoms with E-state index >= 15 is 0 Å². The van der Waals surface area contributed by atoms with E-state index in [1.54, 1.807) is 0 Å². The van der Waals surface area contributed by atoms with E-state index in [1.807, 2.05) is 24.5 Å². The summed E-state index contributed by atoms with van der Waals surface area (Å²) in [6, 6.07) is 12.4. The van der Waals surface area contributed by atoms with Crippen molar-refractivity contribution in [1.82, 2.24) is 19.8 Å². The molecule has 2 fully saturated rings. The van der Waals surface area contributed by atoms with Gasteiger partial charge >= 0.3 is 48.6 Å². The largest absolute Gasteiger partial charge is 0.490 e. The molecule has 2 aliphatic heterocycles. The molecule has 0 amide bonds. The van der Waals surface area contributed by atoms with Crippen LogP contribution in [0.3, 0.4) is 0 Å². The van der Waals surface area contributed by atoms with E-state index in [0.717, 1.165) is 24.9 Å². The summed E-state index contributed by atoms with van der Waals surface area (Å²) in [5, 5.41) is 28.5. The van der Waals surface area contributed by atoms with E-state index in [-0.39, 0.29) is 0 Å². The van der Waals surface area contributed by atoms with Crippen molar-refractivity contribution in [3.63, 3.8) is 0 Å². The number of alkyl halides is 12. The quantitative estimate of drug-likeness (QED) is 0.320. The van der Waals surface area contributed by atoms with Crippen LogP contribution in [0.2, 0.25) is 0 Å². The number of nitrogens with zero attached hydrogens (tertiary/aromatic N) is 4. The molecule has 0 atom stereocenters. The van der Waals surface area contributed by atoms with Crippen LogP contribution in [0.4, 0.5) is 52.7 Å². The van der Waals surface area contributed by atoms with Crippen LogP contribution in [0.15, 0.2) is 48.8 Å². The smallest absolute Gasteiger partial charge is 0.475 e. The van der Waals surface area contributed by atoms with Crippen molar-refractivity contribution in [2.24, 2.45) is 11.8 Å². The van der Waals surface area contributed by atoms with Gasteiger partial charge in [0.15, 0.2) is 0 Å². The SMILES string of the molecule is O=C(O)C(F)(F)F.O=C(O)C(F)(F)F.O=C(O)C(F)(F)F.O=C(O)C(F)(F)F.c1ccc(CN2CC3CN(Cc4ccccn4)CC3C2)nc1. The van der Waals surface area contributed by atoms with Crippen molar-refractivity contribution in [2.45, 2.75) is 37.8 Å². The number of aliphatic carboxylic acids is 4. The van der Waals surface area contributed by atoms with E-state index in [0.29, 0.717) is 0 Å². The Kier molecular flexibility index (Phi) is 17.6. The minimum Gasteiger partial charge on any atom is -0.475 e. The number of halogens is 12. The van der Waals surface area contributed by atoms with E-state index < -0.39 is 48.6 Å². The molecule has 0 aromatic carbocycles. The molecule has 2 aromatic heterocycles. The summed E-state index contributed by atoms with van der Waals surface area (Å²) in [4.78, 5) is 49.6. The topological polar surface area (TPSA) is 181 Å². The highest BCUT2D eigenvalue weighted by molar-refractivity contribution is 5.74. The summed E-state index contributed by atoms with van der Waals surface area (Å²) in [6.07, 6.45) is -16.6. The Morgan fingerprint density at radius 2 is 0.740 bits per heavy atom. The number of rotatable bonds is 4. The molecule has 4 N–H and O–H groups in total. The molecular weight excluding hydrogens is 724 g/mol.